The second kappa shape index (κ2) is 11.5. The summed E-state index contributed by atoms with van der Waals surface area (Å²) in [4.78, 5) is 47.9. The van der Waals surface area contributed by atoms with Gasteiger partial charge in [-0.25, -0.2) is 19.6 Å². The number of hydrogen-bond donors (Lipinski definition) is 2. The van der Waals surface area contributed by atoms with Crippen LogP contribution in [0.4, 0.5) is 10.6 Å². The van der Waals surface area contributed by atoms with Crippen LogP contribution < -0.4 is 20.8 Å². The van der Waals surface area contributed by atoms with E-state index in [1.807, 2.05) is 53.3 Å². The lowest BCUT2D eigenvalue weighted by Gasteiger charge is -2.22. The fourth-order valence-electron chi connectivity index (χ4n) is 4.94. The van der Waals surface area contributed by atoms with E-state index in [4.69, 9.17) is 14.5 Å². The molecule has 2 N–H and O–H groups in total. The van der Waals surface area contributed by atoms with Crippen LogP contribution in [0.2, 0.25) is 0 Å². The van der Waals surface area contributed by atoms with Gasteiger partial charge in [0.05, 0.1) is 29.7 Å². The van der Waals surface area contributed by atoms with Crippen LogP contribution in [-0.2, 0) is 11.3 Å². The number of nitrogens with zero attached hydrogens (tertiary/aromatic N) is 3. The number of nitrogens with one attached hydrogen (secondary N) is 2. The Morgan fingerprint density at radius 2 is 1.93 bits per heavy atom. The Morgan fingerprint density at radius 3 is 2.71 bits per heavy atom. The minimum atomic E-state index is -0.661. The SMILES string of the molecule is CCNC(=O)Nc1cc(-c2nc(-c3ccccc3)cs2)c(-c2cc3c4c(c2)c(=O)c(C(=O)OCC)cn4CCO3)cn1. The van der Waals surface area contributed by atoms with Gasteiger partial charge in [-0.15, -0.1) is 11.3 Å². The normalized spacial score (nSPS) is 12.0. The van der Waals surface area contributed by atoms with E-state index in [1.165, 1.54) is 11.3 Å². The number of amides is 2. The maximum Gasteiger partial charge on any atom is 0.343 e. The van der Waals surface area contributed by atoms with E-state index in [1.54, 1.807) is 31.5 Å². The highest BCUT2D eigenvalue weighted by atomic mass is 32.1. The molecule has 212 valence electrons. The Kier molecular flexibility index (Phi) is 7.41. The van der Waals surface area contributed by atoms with Crippen molar-refractivity contribution < 1.29 is 19.1 Å². The summed E-state index contributed by atoms with van der Waals surface area (Å²) in [5.41, 5.74) is 4.01. The van der Waals surface area contributed by atoms with Crippen LogP contribution >= 0.6 is 11.3 Å². The number of carbonyl (C=O) groups excluding carboxylic acids is 2. The molecule has 4 heterocycles. The minimum absolute atomic E-state index is 0.0263. The van der Waals surface area contributed by atoms with Gasteiger partial charge in [0.2, 0.25) is 5.43 Å². The average molecular weight is 582 g/mol. The number of carbonyl (C=O) groups is 2. The Morgan fingerprint density at radius 1 is 1.10 bits per heavy atom. The average Bonchev–Trinajstić information content (AvgIpc) is 3.50. The zero-order valence-corrected chi connectivity index (χ0v) is 23.8. The van der Waals surface area contributed by atoms with Crippen molar-refractivity contribution >= 4 is 40.1 Å². The first-order valence-corrected chi connectivity index (χ1v) is 14.4. The summed E-state index contributed by atoms with van der Waals surface area (Å²) in [7, 11) is 0. The molecular formula is C31H27N5O5S. The molecule has 6 rings (SSSR count). The Labute approximate surface area is 245 Å². The summed E-state index contributed by atoms with van der Waals surface area (Å²) in [5, 5.41) is 8.50. The van der Waals surface area contributed by atoms with E-state index in [0.717, 1.165) is 11.3 Å². The van der Waals surface area contributed by atoms with Gasteiger partial charge in [-0.3, -0.25) is 10.1 Å². The number of hydrogen-bond acceptors (Lipinski definition) is 8. The van der Waals surface area contributed by atoms with E-state index in [0.29, 0.717) is 63.9 Å². The molecule has 0 bridgehead atoms. The summed E-state index contributed by atoms with van der Waals surface area (Å²) in [6, 6.07) is 14.9. The van der Waals surface area contributed by atoms with Crippen molar-refractivity contribution in [1.29, 1.82) is 0 Å². The van der Waals surface area contributed by atoms with Gasteiger partial charge in [0.15, 0.2) is 0 Å². The van der Waals surface area contributed by atoms with Crippen LogP contribution in [0.3, 0.4) is 0 Å². The molecule has 10 nitrogen and oxygen atoms in total. The van der Waals surface area contributed by atoms with Gasteiger partial charge in [0, 0.05) is 41.0 Å². The number of aromatic nitrogens is 3. The smallest absolute Gasteiger partial charge is 0.343 e. The molecule has 0 unspecified atom stereocenters. The highest BCUT2D eigenvalue weighted by Crippen LogP contribution is 2.40. The number of urea groups is 1. The van der Waals surface area contributed by atoms with Crippen molar-refractivity contribution in [2.45, 2.75) is 20.4 Å². The maximum absolute atomic E-state index is 13.6. The Balaban J connectivity index is 1.53. The van der Waals surface area contributed by atoms with Crippen molar-refractivity contribution in [3.8, 4) is 38.7 Å². The number of pyridine rings is 2. The molecule has 0 radical (unpaired) electrons. The zero-order chi connectivity index (χ0) is 29.2. The van der Waals surface area contributed by atoms with Gasteiger partial charge in [-0.2, -0.15) is 0 Å². The number of rotatable bonds is 7. The molecule has 1 aliphatic rings. The molecule has 2 aromatic carbocycles. The molecule has 0 spiro atoms. The molecular weight excluding hydrogens is 554 g/mol. The summed E-state index contributed by atoms with van der Waals surface area (Å²) in [6.45, 7) is 5.03. The van der Waals surface area contributed by atoms with E-state index < -0.39 is 11.4 Å². The molecule has 42 heavy (non-hydrogen) atoms. The lowest BCUT2D eigenvalue weighted by molar-refractivity contribution is 0.0524. The third kappa shape index (κ3) is 5.10. The standard InChI is InChI=1S/C31H27N5O5S/c1-3-32-31(39)35-26-14-20(29-34-24(17-42-29)18-8-6-5-7-9-18)22(15-33-26)19-12-21-27-25(13-19)41-11-10-36(27)16-23(28(21)37)30(38)40-4-2/h5-9,12-17H,3-4,10-11H2,1-2H3,(H2,32,33,35,39). The molecule has 11 heteroatoms. The van der Waals surface area contributed by atoms with Gasteiger partial charge in [0.1, 0.15) is 28.7 Å². The van der Waals surface area contributed by atoms with Crippen LogP contribution in [0.5, 0.6) is 5.75 Å². The molecule has 0 saturated carbocycles. The fraction of sp³-hybridized carbons (Fsp3) is 0.194. The summed E-state index contributed by atoms with van der Waals surface area (Å²) in [5.74, 6) is 0.216. The van der Waals surface area contributed by atoms with E-state index in [2.05, 4.69) is 15.6 Å². The number of ether oxygens (including phenoxy) is 2. The van der Waals surface area contributed by atoms with Crippen molar-refractivity contribution in [3.63, 3.8) is 0 Å². The van der Waals surface area contributed by atoms with Crippen LogP contribution in [-0.4, -0.2) is 46.3 Å². The molecule has 0 atom stereocenters. The molecule has 0 saturated heterocycles. The van der Waals surface area contributed by atoms with Crippen LogP contribution in [0.15, 0.2) is 71.1 Å². The largest absolute Gasteiger partial charge is 0.489 e. The lowest BCUT2D eigenvalue weighted by atomic mass is 9.98. The number of anilines is 1. The van der Waals surface area contributed by atoms with Crippen LogP contribution in [0.25, 0.3) is 43.9 Å². The van der Waals surface area contributed by atoms with Crippen molar-refractivity contribution in [2.75, 3.05) is 25.1 Å². The van der Waals surface area contributed by atoms with Gasteiger partial charge in [-0.05, 0) is 37.6 Å². The highest BCUT2D eigenvalue weighted by molar-refractivity contribution is 7.13. The molecule has 0 aliphatic carbocycles. The van der Waals surface area contributed by atoms with E-state index >= 15 is 0 Å². The van der Waals surface area contributed by atoms with Gasteiger partial charge in [0.25, 0.3) is 0 Å². The topological polar surface area (TPSA) is 124 Å². The molecule has 3 aromatic heterocycles. The summed E-state index contributed by atoms with van der Waals surface area (Å²) in [6.07, 6.45) is 3.19. The second-order valence-electron chi connectivity index (χ2n) is 9.51. The van der Waals surface area contributed by atoms with Crippen molar-refractivity contribution in [1.82, 2.24) is 19.9 Å². The lowest BCUT2D eigenvalue weighted by Crippen LogP contribution is -2.28. The van der Waals surface area contributed by atoms with Gasteiger partial charge in [-0.1, -0.05) is 30.3 Å². The first-order chi connectivity index (χ1) is 20.5. The number of esters is 1. The summed E-state index contributed by atoms with van der Waals surface area (Å²) < 4.78 is 13.0. The third-order valence-electron chi connectivity index (χ3n) is 6.82. The quantitative estimate of drug-likeness (QED) is 0.241. The van der Waals surface area contributed by atoms with Crippen molar-refractivity contribution in [3.05, 3.63) is 82.1 Å². The van der Waals surface area contributed by atoms with Gasteiger partial charge < -0.3 is 19.4 Å². The highest BCUT2D eigenvalue weighted by Gasteiger charge is 2.24. The van der Waals surface area contributed by atoms with Gasteiger partial charge >= 0.3 is 12.0 Å². The monoisotopic (exact) mass is 581 g/mol. The molecule has 2 amide bonds. The van der Waals surface area contributed by atoms with Crippen LogP contribution in [0.1, 0.15) is 24.2 Å². The first-order valence-electron chi connectivity index (χ1n) is 13.5. The molecule has 0 fully saturated rings. The summed E-state index contributed by atoms with van der Waals surface area (Å²) >= 11 is 1.46. The van der Waals surface area contributed by atoms with Crippen molar-refractivity contribution in [2.24, 2.45) is 0 Å². The molecule has 5 aromatic rings. The predicted octanol–water partition coefficient (Wildman–Crippen LogP) is 5.56. The maximum atomic E-state index is 13.6. The third-order valence-corrected chi connectivity index (χ3v) is 7.70. The van der Waals surface area contributed by atoms with Crippen LogP contribution in [0, 0.1) is 0 Å². The fourth-order valence-corrected chi connectivity index (χ4v) is 5.80. The number of thiazole rings is 1. The zero-order valence-electron chi connectivity index (χ0n) is 23.0. The Hall–Kier alpha value is -5.03. The van der Waals surface area contributed by atoms with E-state index in [9.17, 15) is 14.4 Å². The molecule has 1 aliphatic heterocycles. The predicted molar refractivity (Wildman–Crippen MR) is 162 cm³/mol. The first kappa shape index (κ1) is 27.2. The number of benzene rings is 2. The second-order valence-corrected chi connectivity index (χ2v) is 10.4. The minimum Gasteiger partial charge on any atom is -0.489 e. The van der Waals surface area contributed by atoms with E-state index in [-0.39, 0.29) is 18.2 Å². The Bertz CT molecular complexity index is 1880.